The van der Waals surface area contributed by atoms with Gasteiger partial charge in [-0.2, -0.15) is 0 Å². The van der Waals surface area contributed by atoms with E-state index < -0.39 is 0 Å². The lowest BCUT2D eigenvalue weighted by molar-refractivity contribution is -0.128. The fraction of sp³-hybridized carbons (Fsp3) is 0.316. The SMILES string of the molecule is O=C1CCCN1CC(NCc1ccccc1O)c1ccccc1. The summed E-state index contributed by atoms with van der Waals surface area (Å²) in [6, 6.07) is 17.5. The van der Waals surface area contributed by atoms with E-state index in [2.05, 4.69) is 17.4 Å². The molecular formula is C19H22N2O2. The van der Waals surface area contributed by atoms with Crippen LogP contribution in [-0.4, -0.2) is 29.0 Å². The molecule has 1 fully saturated rings. The van der Waals surface area contributed by atoms with Crippen molar-refractivity contribution in [3.05, 3.63) is 65.7 Å². The number of para-hydroxylation sites is 1. The lowest BCUT2D eigenvalue weighted by Gasteiger charge is -2.25. The Labute approximate surface area is 136 Å². The summed E-state index contributed by atoms with van der Waals surface area (Å²) in [5.74, 6) is 0.527. The summed E-state index contributed by atoms with van der Waals surface area (Å²) in [5, 5.41) is 13.4. The lowest BCUT2D eigenvalue weighted by Crippen LogP contribution is -2.35. The molecule has 0 radical (unpaired) electrons. The summed E-state index contributed by atoms with van der Waals surface area (Å²) in [6.45, 7) is 2.06. The second-order valence-corrected chi connectivity index (χ2v) is 5.92. The first-order valence-electron chi connectivity index (χ1n) is 8.07. The van der Waals surface area contributed by atoms with Gasteiger partial charge in [-0.25, -0.2) is 0 Å². The molecule has 1 saturated heterocycles. The number of phenolic OH excluding ortho intramolecular Hbond substituents is 1. The number of carbonyl (C=O) groups is 1. The van der Waals surface area contributed by atoms with Crippen molar-refractivity contribution in [3.8, 4) is 5.75 Å². The van der Waals surface area contributed by atoms with Crippen molar-refractivity contribution in [1.82, 2.24) is 10.2 Å². The Balaban J connectivity index is 1.72. The minimum atomic E-state index is 0.0536. The first kappa shape index (κ1) is 15.6. The predicted octanol–water partition coefficient (Wildman–Crippen LogP) is 2.85. The van der Waals surface area contributed by atoms with Crippen LogP contribution in [0.3, 0.4) is 0 Å². The third-order valence-corrected chi connectivity index (χ3v) is 4.31. The molecule has 1 amide bonds. The first-order chi connectivity index (χ1) is 11.2. The third-order valence-electron chi connectivity index (χ3n) is 4.31. The zero-order valence-electron chi connectivity index (χ0n) is 13.1. The summed E-state index contributed by atoms with van der Waals surface area (Å²) < 4.78 is 0. The van der Waals surface area contributed by atoms with E-state index in [1.807, 2.05) is 41.3 Å². The summed E-state index contributed by atoms with van der Waals surface area (Å²) in [6.07, 6.45) is 1.60. The number of likely N-dealkylation sites (tertiary alicyclic amines) is 1. The summed E-state index contributed by atoms with van der Waals surface area (Å²) in [4.78, 5) is 13.9. The molecule has 120 valence electrons. The third kappa shape index (κ3) is 3.90. The van der Waals surface area contributed by atoms with Gasteiger partial charge in [0.05, 0.1) is 6.04 Å². The zero-order chi connectivity index (χ0) is 16.1. The molecule has 23 heavy (non-hydrogen) atoms. The summed E-state index contributed by atoms with van der Waals surface area (Å²) in [5.41, 5.74) is 2.02. The predicted molar refractivity (Wildman–Crippen MR) is 89.9 cm³/mol. The van der Waals surface area contributed by atoms with Crippen LogP contribution in [0.25, 0.3) is 0 Å². The summed E-state index contributed by atoms with van der Waals surface area (Å²) in [7, 11) is 0. The van der Waals surface area contributed by atoms with Crippen LogP contribution < -0.4 is 5.32 Å². The minimum absolute atomic E-state index is 0.0536. The Morgan fingerprint density at radius 2 is 1.83 bits per heavy atom. The molecule has 0 spiro atoms. The van der Waals surface area contributed by atoms with Gasteiger partial charge in [0.15, 0.2) is 0 Å². The van der Waals surface area contributed by atoms with Gasteiger partial charge in [0, 0.05) is 31.6 Å². The minimum Gasteiger partial charge on any atom is -0.508 e. The first-order valence-corrected chi connectivity index (χ1v) is 8.07. The molecule has 0 aromatic heterocycles. The van der Waals surface area contributed by atoms with Gasteiger partial charge in [0.25, 0.3) is 0 Å². The summed E-state index contributed by atoms with van der Waals surface area (Å²) >= 11 is 0. The van der Waals surface area contributed by atoms with E-state index in [0.29, 0.717) is 25.3 Å². The molecule has 1 heterocycles. The number of rotatable bonds is 6. The van der Waals surface area contributed by atoms with E-state index in [4.69, 9.17) is 0 Å². The van der Waals surface area contributed by atoms with Gasteiger partial charge < -0.3 is 15.3 Å². The van der Waals surface area contributed by atoms with Crippen molar-refractivity contribution in [3.63, 3.8) is 0 Å². The average molecular weight is 310 g/mol. The van der Waals surface area contributed by atoms with Gasteiger partial charge in [-0.1, -0.05) is 48.5 Å². The highest BCUT2D eigenvalue weighted by Gasteiger charge is 2.24. The van der Waals surface area contributed by atoms with Crippen molar-refractivity contribution < 1.29 is 9.90 Å². The van der Waals surface area contributed by atoms with Gasteiger partial charge in [0.2, 0.25) is 5.91 Å². The number of hydrogen-bond donors (Lipinski definition) is 2. The van der Waals surface area contributed by atoms with Gasteiger partial charge in [0.1, 0.15) is 5.75 Å². The van der Waals surface area contributed by atoms with Crippen molar-refractivity contribution >= 4 is 5.91 Å². The molecule has 2 N–H and O–H groups in total. The Morgan fingerprint density at radius 1 is 1.09 bits per heavy atom. The standard InChI is InChI=1S/C19H22N2O2/c22-18-10-5-4-9-16(18)13-20-17(15-7-2-1-3-8-15)14-21-12-6-11-19(21)23/h1-5,7-10,17,20,22H,6,11-14H2. The normalized spacial score (nSPS) is 15.8. The molecule has 1 aliphatic heterocycles. The molecular weight excluding hydrogens is 288 g/mol. The largest absolute Gasteiger partial charge is 0.508 e. The molecule has 2 aromatic carbocycles. The van der Waals surface area contributed by atoms with Gasteiger partial charge in [-0.05, 0) is 18.1 Å². The van der Waals surface area contributed by atoms with E-state index >= 15 is 0 Å². The van der Waals surface area contributed by atoms with Crippen LogP contribution >= 0.6 is 0 Å². The van der Waals surface area contributed by atoms with Gasteiger partial charge in [-0.15, -0.1) is 0 Å². The zero-order valence-corrected chi connectivity index (χ0v) is 13.1. The van der Waals surface area contributed by atoms with E-state index in [1.165, 1.54) is 0 Å². The molecule has 1 unspecified atom stereocenters. The number of amides is 1. The Hall–Kier alpha value is -2.33. The molecule has 0 aliphatic carbocycles. The average Bonchev–Trinajstić information content (AvgIpc) is 2.98. The number of hydrogen-bond acceptors (Lipinski definition) is 3. The van der Waals surface area contributed by atoms with Crippen LogP contribution in [0, 0.1) is 0 Å². The van der Waals surface area contributed by atoms with Crippen molar-refractivity contribution in [2.45, 2.75) is 25.4 Å². The van der Waals surface area contributed by atoms with Crippen molar-refractivity contribution in [1.29, 1.82) is 0 Å². The van der Waals surface area contributed by atoms with Gasteiger partial charge in [-0.3, -0.25) is 4.79 Å². The van der Waals surface area contributed by atoms with Crippen LogP contribution in [0.1, 0.15) is 30.0 Å². The Morgan fingerprint density at radius 3 is 2.52 bits per heavy atom. The van der Waals surface area contributed by atoms with Crippen LogP contribution in [0.5, 0.6) is 5.75 Å². The smallest absolute Gasteiger partial charge is 0.222 e. The second kappa shape index (κ2) is 7.29. The van der Waals surface area contributed by atoms with Crippen LogP contribution in [0.2, 0.25) is 0 Å². The van der Waals surface area contributed by atoms with E-state index in [0.717, 1.165) is 24.1 Å². The topological polar surface area (TPSA) is 52.6 Å². The highest BCUT2D eigenvalue weighted by atomic mass is 16.3. The molecule has 2 aromatic rings. The number of nitrogens with zero attached hydrogens (tertiary/aromatic N) is 1. The van der Waals surface area contributed by atoms with Crippen LogP contribution in [0.15, 0.2) is 54.6 Å². The van der Waals surface area contributed by atoms with E-state index in [1.54, 1.807) is 6.07 Å². The van der Waals surface area contributed by atoms with E-state index in [-0.39, 0.29) is 11.9 Å². The number of carbonyl (C=O) groups excluding carboxylic acids is 1. The molecule has 1 aliphatic rings. The fourth-order valence-corrected chi connectivity index (χ4v) is 2.98. The Bertz CT molecular complexity index is 657. The van der Waals surface area contributed by atoms with Crippen LogP contribution in [-0.2, 0) is 11.3 Å². The van der Waals surface area contributed by atoms with Gasteiger partial charge >= 0.3 is 0 Å². The number of benzene rings is 2. The molecule has 4 heteroatoms. The molecule has 0 bridgehead atoms. The quantitative estimate of drug-likeness (QED) is 0.862. The van der Waals surface area contributed by atoms with Crippen molar-refractivity contribution in [2.24, 2.45) is 0 Å². The maximum absolute atomic E-state index is 11.9. The highest BCUT2D eigenvalue weighted by Crippen LogP contribution is 2.21. The second-order valence-electron chi connectivity index (χ2n) is 5.92. The maximum atomic E-state index is 11.9. The molecule has 0 saturated carbocycles. The fourth-order valence-electron chi connectivity index (χ4n) is 2.98. The monoisotopic (exact) mass is 310 g/mol. The lowest BCUT2D eigenvalue weighted by atomic mass is 10.1. The number of aromatic hydroxyl groups is 1. The van der Waals surface area contributed by atoms with E-state index in [9.17, 15) is 9.90 Å². The molecule has 4 nitrogen and oxygen atoms in total. The molecule has 1 atom stereocenters. The van der Waals surface area contributed by atoms with Crippen molar-refractivity contribution in [2.75, 3.05) is 13.1 Å². The maximum Gasteiger partial charge on any atom is 0.222 e. The Kier molecular flexibility index (Phi) is 4.93. The highest BCUT2D eigenvalue weighted by molar-refractivity contribution is 5.78. The number of nitrogens with one attached hydrogen (secondary N) is 1. The van der Waals surface area contributed by atoms with Crippen LogP contribution in [0.4, 0.5) is 0 Å². The molecule has 3 rings (SSSR count). The number of phenols is 1.